The molecule has 0 aromatic heterocycles. The summed E-state index contributed by atoms with van der Waals surface area (Å²) in [7, 11) is 0. The van der Waals surface area contributed by atoms with E-state index in [0.717, 1.165) is 12.1 Å². The Labute approximate surface area is 171 Å². The molecule has 119 valence electrons. The topological polar surface area (TPSA) is 19.9 Å². The number of hydrogen-bond acceptors (Lipinski definition) is 0. The number of alkyl halides is 10. The molecule has 0 aliphatic carbocycles. The minimum absolute atomic E-state index is 0.0420. The fourth-order valence-corrected chi connectivity index (χ4v) is 2.45. The van der Waals surface area contributed by atoms with Gasteiger partial charge in [-0.2, -0.15) is 0 Å². The minimum atomic E-state index is -2.20. The van der Waals surface area contributed by atoms with Gasteiger partial charge in [0.15, 0.2) is 14.4 Å². The third-order valence-corrected chi connectivity index (χ3v) is 7.23. The fourth-order valence-electron chi connectivity index (χ4n) is 1.29. The molecule has 0 fully saturated rings. The average Bonchev–Trinajstić information content (AvgIpc) is 2.25. The normalized spacial score (nSPS) is 14.4. The van der Waals surface area contributed by atoms with Crippen molar-refractivity contribution >= 4 is 116 Å². The van der Waals surface area contributed by atoms with Crippen LogP contribution >= 0.6 is 116 Å². The number of halogens is 10. The monoisotopic (exact) mass is 489 g/mol. The van der Waals surface area contributed by atoms with Gasteiger partial charge in [-0.25, -0.2) is 0 Å². The molecule has 0 heterocycles. The maximum absolute atomic E-state index is 11.9. The maximum atomic E-state index is 11.9. The zero-order chi connectivity index (χ0) is 16.9. The van der Waals surface area contributed by atoms with Gasteiger partial charge >= 0.3 is 0 Å². The van der Waals surface area contributed by atoms with Crippen LogP contribution in [-0.4, -0.2) is 7.59 Å². The van der Waals surface area contributed by atoms with Crippen LogP contribution in [0.15, 0.2) is 18.2 Å². The second-order valence-corrected chi connectivity index (χ2v) is 11.1. The molecule has 0 aliphatic rings. The summed E-state index contributed by atoms with van der Waals surface area (Å²) in [4.78, 5) is 0. The SMILES string of the molecule is [O]c1ccc(C(Cl)(Cl)C(Cl)(Cl)Cl)cc1C(Cl)(Cl)C(Cl)(Cl)Cl. The van der Waals surface area contributed by atoms with E-state index in [2.05, 4.69) is 0 Å². The Bertz CT molecular complexity index is 528. The van der Waals surface area contributed by atoms with Crippen molar-refractivity contribution < 1.29 is 5.11 Å². The number of hydrogen-bond donors (Lipinski definition) is 0. The molecule has 1 nitrogen and oxygen atoms in total. The van der Waals surface area contributed by atoms with Crippen LogP contribution < -0.4 is 0 Å². The van der Waals surface area contributed by atoms with E-state index in [1.165, 1.54) is 6.07 Å². The highest BCUT2D eigenvalue weighted by Gasteiger charge is 2.52. The first kappa shape index (κ1) is 21.0. The molecule has 0 unspecified atom stereocenters. The first-order chi connectivity index (χ1) is 9.12. The molecule has 1 rings (SSSR count). The molecule has 0 saturated carbocycles. The van der Waals surface area contributed by atoms with Gasteiger partial charge in [-0.1, -0.05) is 122 Å². The Kier molecular flexibility index (Phi) is 6.66. The first-order valence-corrected chi connectivity index (χ1v) is 8.61. The highest BCUT2D eigenvalue weighted by molar-refractivity contribution is 6.76. The van der Waals surface area contributed by atoms with Gasteiger partial charge in [0, 0.05) is 5.56 Å². The highest BCUT2D eigenvalue weighted by Crippen LogP contribution is 2.57. The minimum Gasteiger partial charge on any atom is -0.290 e. The molecular formula is C10H3Cl10O. The lowest BCUT2D eigenvalue weighted by atomic mass is 10.0. The van der Waals surface area contributed by atoms with Crippen LogP contribution in [0.5, 0.6) is 5.75 Å². The lowest BCUT2D eigenvalue weighted by Crippen LogP contribution is -2.31. The van der Waals surface area contributed by atoms with Crippen molar-refractivity contribution in [3.8, 4) is 5.75 Å². The standard InChI is InChI=1S/C10H3Cl10O/c11-7(12,9(15,16)17)4-1-2-6(21)5(3-4)8(13,14)10(18,19)20/h1-3H. The molecule has 0 atom stereocenters. The average molecular weight is 494 g/mol. The van der Waals surface area contributed by atoms with E-state index in [0.29, 0.717) is 0 Å². The van der Waals surface area contributed by atoms with Gasteiger partial charge in [-0.05, 0) is 17.7 Å². The molecule has 21 heavy (non-hydrogen) atoms. The maximum Gasteiger partial charge on any atom is 0.227 e. The molecule has 0 aliphatic heterocycles. The van der Waals surface area contributed by atoms with Gasteiger partial charge in [0.25, 0.3) is 0 Å². The van der Waals surface area contributed by atoms with Gasteiger partial charge in [0.2, 0.25) is 7.59 Å². The quantitative estimate of drug-likeness (QED) is 0.374. The Morgan fingerprint density at radius 3 is 1.48 bits per heavy atom. The Morgan fingerprint density at radius 2 is 1.10 bits per heavy atom. The van der Waals surface area contributed by atoms with Crippen molar-refractivity contribution in [2.24, 2.45) is 0 Å². The van der Waals surface area contributed by atoms with Gasteiger partial charge in [-0.15, -0.1) is 0 Å². The molecule has 1 radical (unpaired) electrons. The second-order valence-electron chi connectivity index (χ2n) is 3.86. The molecule has 1 aromatic carbocycles. The fraction of sp³-hybridized carbons (Fsp3) is 0.400. The third kappa shape index (κ3) is 4.31. The van der Waals surface area contributed by atoms with Crippen LogP contribution in [0.4, 0.5) is 0 Å². The molecule has 0 amide bonds. The van der Waals surface area contributed by atoms with Crippen LogP contribution in [0.2, 0.25) is 0 Å². The van der Waals surface area contributed by atoms with E-state index in [1.807, 2.05) is 0 Å². The van der Waals surface area contributed by atoms with Crippen LogP contribution in [-0.2, 0) is 13.8 Å². The molecule has 0 spiro atoms. The van der Waals surface area contributed by atoms with Crippen molar-refractivity contribution in [2.45, 2.75) is 16.3 Å². The summed E-state index contributed by atoms with van der Waals surface area (Å²) in [5.41, 5.74) is -0.233. The number of benzene rings is 1. The first-order valence-electron chi connectivity index (χ1n) is 4.83. The Hall–Kier alpha value is 1.92. The predicted octanol–water partition coefficient (Wildman–Crippen LogP) is 7.83. The molecule has 11 heteroatoms. The van der Waals surface area contributed by atoms with E-state index in [4.69, 9.17) is 116 Å². The molecule has 0 N–H and O–H groups in total. The van der Waals surface area contributed by atoms with Crippen molar-refractivity contribution in [1.29, 1.82) is 0 Å². The summed E-state index contributed by atoms with van der Waals surface area (Å²) in [6, 6.07) is 3.43. The largest absolute Gasteiger partial charge is 0.290 e. The van der Waals surface area contributed by atoms with E-state index in [9.17, 15) is 5.11 Å². The van der Waals surface area contributed by atoms with Crippen molar-refractivity contribution in [2.75, 3.05) is 0 Å². The Balaban J connectivity index is 3.50. The summed E-state index contributed by atoms with van der Waals surface area (Å²) >= 11 is 58.1. The summed E-state index contributed by atoms with van der Waals surface area (Å²) < 4.78 is -8.45. The zero-order valence-corrected chi connectivity index (χ0v) is 17.0. The smallest absolute Gasteiger partial charge is 0.227 e. The van der Waals surface area contributed by atoms with Crippen LogP contribution in [0.1, 0.15) is 11.1 Å². The predicted molar refractivity (Wildman–Crippen MR) is 93.9 cm³/mol. The lowest BCUT2D eigenvalue weighted by Gasteiger charge is -2.31. The van der Waals surface area contributed by atoms with Gasteiger partial charge in [0.1, 0.15) is 0 Å². The molecule has 0 bridgehead atoms. The van der Waals surface area contributed by atoms with Crippen LogP contribution in [0.25, 0.3) is 0 Å². The lowest BCUT2D eigenvalue weighted by molar-refractivity contribution is 0.348. The summed E-state index contributed by atoms with van der Waals surface area (Å²) in [5.74, 6) is -0.608. The molecular weight excluding hydrogens is 491 g/mol. The molecule has 1 aromatic rings. The summed E-state index contributed by atoms with van der Waals surface area (Å²) in [6.45, 7) is 0. The number of rotatable bonds is 2. The zero-order valence-electron chi connectivity index (χ0n) is 9.42. The van der Waals surface area contributed by atoms with Crippen LogP contribution in [0, 0.1) is 0 Å². The van der Waals surface area contributed by atoms with E-state index in [1.54, 1.807) is 0 Å². The second kappa shape index (κ2) is 6.67. The van der Waals surface area contributed by atoms with E-state index in [-0.39, 0.29) is 11.1 Å². The van der Waals surface area contributed by atoms with Crippen molar-refractivity contribution in [3.05, 3.63) is 29.3 Å². The summed E-state index contributed by atoms with van der Waals surface area (Å²) in [6.07, 6.45) is 0. The highest BCUT2D eigenvalue weighted by atomic mass is 35.6. The van der Waals surface area contributed by atoms with Gasteiger partial charge < -0.3 is 0 Å². The van der Waals surface area contributed by atoms with Crippen molar-refractivity contribution in [1.82, 2.24) is 0 Å². The van der Waals surface area contributed by atoms with E-state index < -0.39 is 22.0 Å². The molecule has 0 saturated heterocycles. The van der Waals surface area contributed by atoms with Crippen LogP contribution in [0.3, 0.4) is 0 Å². The van der Waals surface area contributed by atoms with E-state index >= 15 is 0 Å². The van der Waals surface area contributed by atoms with Gasteiger partial charge in [0.05, 0.1) is 0 Å². The Morgan fingerprint density at radius 1 is 0.667 bits per heavy atom. The van der Waals surface area contributed by atoms with Gasteiger partial charge in [-0.3, -0.25) is 5.11 Å². The third-order valence-electron chi connectivity index (χ3n) is 2.39. The van der Waals surface area contributed by atoms with Crippen molar-refractivity contribution in [3.63, 3.8) is 0 Å². The summed E-state index contributed by atoms with van der Waals surface area (Å²) in [5, 5.41) is 11.9.